The molecule has 0 bridgehead atoms. The Bertz CT molecular complexity index is 918. The van der Waals surface area contributed by atoms with Crippen LogP contribution in [-0.4, -0.2) is 33.9 Å². The average Bonchev–Trinajstić information content (AvgIpc) is 2.88. The average molecular weight is 343 g/mol. The highest BCUT2D eigenvalue weighted by Gasteiger charge is 2.27. The normalized spacial score (nSPS) is 13.9. The lowest BCUT2D eigenvalue weighted by Gasteiger charge is -2.25. The molecule has 6 heteroatoms. The molecule has 1 aromatic heterocycles. The number of aliphatic hydroxyl groups is 1. The molecule has 0 spiro atoms. The predicted molar refractivity (Wildman–Crippen MR) is 96.3 cm³/mol. The van der Waals surface area contributed by atoms with Crippen LogP contribution in [-0.2, 0) is 6.54 Å². The highest BCUT2D eigenvalue weighted by molar-refractivity contribution is 5.76. The van der Waals surface area contributed by atoms with E-state index < -0.39 is 18.0 Å². The Hall–Kier alpha value is -2.44. The lowest BCUT2D eigenvalue weighted by Crippen LogP contribution is -2.38. The Morgan fingerprint density at radius 3 is 2.52 bits per heavy atom. The molecule has 3 rings (SSSR count). The van der Waals surface area contributed by atoms with Crippen LogP contribution in [0.5, 0.6) is 0 Å². The summed E-state index contributed by atoms with van der Waals surface area (Å²) in [7, 11) is 1.74. The number of hydrogen-bond donors (Lipinski definition) is 2. The fourth-order valence-corrected chi connectivity index (χ4v) is 3.34. The van der Waals surface area contributed by atoms with Gasteiger partial charge < -0.3 is 10.4 Å². The SMILES string of the molecule is CCn1c(=O)n([C@@H](c2ccccc2)[C@H](O)CNC)c2cc(F)ccc21. The van der Waals surface area contributed by atoms with Crippen LogP contribution in [0, 0.1) is 5.82 Å². The van der Waals surface area contributed by atoms with E-state index in [2.05, 4.69) is 5.32 Å². The highest BCUT2D eigenvalue weighted by atomic mass is 19.1. The van der Waals surface area contributed by atoms with Gasteiger partial charge in [0.15, 0.2) is 0 Å². The van der Waals surface area contributed by atoms with Gasteiger partial charge in [0, 0.05) is 13.1 Å². The second-order valence-electron chi connectivity index (χ2n) is 6.01. The van der Waals surface area contributed by atoms with E-state index in [1.54, 1.807) is 17.7 Å². The van der Waals surface area contributed by atoms with E-state index in [1.165, 1.54) is 16.7 Å². The topological polar surface area (TPSA) is 59.2 Å². The van der Waals surface area contributed by atoms with Gasteiger partial charge in [0.1, 0.15) is 5.82 Å². The lowest BCUT2D eigenvalue weighted by atomic mass is 10.0. The van der Waals surface area contributed by atoms with Gasteiger partial charge in [-0.2, -0.15) is 0 Å². The Kier molecular flexibility index (Phi) is 5.01. The molecule has 132 valence electrons. The summed E-state index contributed by atoms with van der Waals surface area (Å²) in [5, 5.41) is 13.7. The predicted octanol–water partition coefficient (Wildman–Crippen LogP) is 2.13. The van der Waals surface area contributed by atoms with E-state index in [4.69, 9.17) is 0 Å². The van der Waals surface area contributed by atoms with Gasteiger partial charge >= 0.3 is 5.69 Å². The maximum atomic E-state index is 13.9. The van der Waals surface area contributed by atoms with Crippen molar-refractivity contribution in [3.63, 3.8) is 0 Å². The van der Waals surface area contributed by atoms with Gasteiger partial charge in [0.05, 0.1) is 23.2 Å². The summed E-state index contributed by atoms with van der Waals surface area (Å²) < 4.78 is 17.0. The summed E-state index contributed by atoms with van der Waals surface area (Å²) in [6.45, 7) is 2.65. The fourth-order valence-electron chi connectivity index (χ4n) is 3.34. The zero-order chi connectivity index (χ0) is 18.0. The van der Waals surface area contributed by atoms with Gasteiger partial charge in [-0.05, 0) is 37.7 Å². The first kappa shape index (κ1) is 17.4. The monoisotopic (exact) mass is 343 g/mol. The number of rotatable bonds is 6. The number of imidazole rings is 1. The van der Waals surface area contributed by atoms with Crippen LogP contribution in [0.3, 0.4) is 0 Å². The van der Waals surface area contributed by atoms with Gasteiger partial charge in [-0.25, -0.2) is 9.18 Å². The van der Waals surface area contributed by atoms with E-state index in [9.17, 15) is 14.3 Å². The molecular weight excluding hydrogens is 321 g/mol. The minimum Gasteiger partial charge on any atom is -0.389 e. The number of aliphatic hydroxyl groups excluding tert-OH is 1. The van der Waals surface area contributed by atoms with Crippen molar-refractivity contribution in [2.75, 3.05) is 13.6 Å². The van der Waals surface area contributed by atoms with Gasteiger partial charge in [0.2, 0.25) is 0 Å². The molecule has 0 radical (unpaired) electrons. The molecule has 2 N–H and O–H groups in total. The molecule has 0 aliphatic heterocycles. The number of halogens is 1. The number of nitrogens with zero attached hydrogens (tertiary/aromatic N) is 2. The molecule has 0 saturated heterocycles. The molecule has 0 unspecified atom stereocenters. The number of likely N-dealkylation sites (N-methyl/N-ethyl adjacent to an activating group) is 1. The zero-order valence-corrected chi connectivity index (χ0v) is 14.3. The number of aromatic nitrogens is 2. The van der Waals surface area contributed by atoms with Crippen LogP contribution in [0.15, 0.2) is 53.3 Å². The Morgan fingerprint density at radius 2 is 1.88 bits per heavy atom. The van der Waals surface area contributed by atoms with Gasteiger partial charge in [-0.15, -0.1) is 0 Å². The molecule has 5 nitrogen and oxygen atoms in total. The third-order valence-electron chi connectivity index (χ3n) is 4.44. The Balaban J connectivity index is 2.31. The highest BCUT2D eigenvalue weighted by Crippen LogP contribution is 2.26. The molecule has 0 aliphatic carbocycles. The molecule has 3 aromatic rings. The van der Waals surface area contributed by atoms with Crippen molar-refractivity contribution in [2.45, 2.75) is 25.6 Å². The van der Waals surface area contributed by atoms with Gasteiger partial charge in [-0.3, -0.25) is 9.13 Å². The van der Waals surface area contributed by atoms with Crippen LogP contribution in [0.4, 0.5) is 4.39 Å². The zero-order valence-electron chi connectivity index (χ0n) is 14.3. The molecule has 0 amide bonds. The molecule has 1 heterocycles. The minimum absolute atomic E-state index is 0.257. The quantitative estimate of drug-likeness (QED) is 0.721. The third kappa shape index (κ3) is 3.10. The van der Waals surface area contributed by atoms with E-state index in [0.717, 1.165) is 5.56 Å². The molecule has 25 heavy (non-hydrogen) atoms. The summed E-state index contributed by atoms with van der Waals surface area (Å²) in [5.41, 5.74) is 1.68. The summed E-state index contributed by atoms with van der Waals surface area (Å²) in [6, 6.07) is 13.0. The Morgan fingerprint density at radius 1 is 1.16 bits per heavy atom. The second kappa shape index (κ2) is 7.21. The van der Waals surface area contributed by atoms with Crippen molar-refractivity contribution in [3.05, 3.63) is 70.4 Å². The summed E-state index contributed by atoms with van der Waals surface area (Å²) in [6.07, 6.45) is -0.843. The standard InChI is InChI=1S/C19H22FN3O2/c1-3-22-15-10-9-14(20)11-16(15)23(19(22)25)18(17(24)12-21-2)13-7-5-4-6-8-13/h4-11,17-18,21,24H,3,12H2,1-2H3/t17-,18+/m1/s1. The van der Waals surface area contributed by atoms with Crippen LogP contribution >= 0.6 is 0 Å². The molecule has 2 atom stereocenters. The van der Waals surface area contributed by atoms with Crippen molar-refractivity contribution in [1.29, 1.82) is 0 Å². The van der Waals surface area contributed by atoms with Crippen molar-refractivity contribution in [1.82, 2.24) is 14.5 Å². The molecular formula is C19H22FN3O2. The number of aryl methyl sites for hydroxylation is 1. The fraction of sp³-hybridized carbons (Fsp3) is 0.316. The largest absolute Gasteiger partial charge is 0.389 e. The van der Waals surface area contributed by atoms with Crippen LogP contribution in [0.1, 0.15) is 18.5 Å². The van der Waals surface area contributed by atoms with Crippen LogP contribution in [0.25, 0.3) is 11.0 Å². The van der Waals surface area contributed by atoms with E-state index >= 15 is 0 Å². The number of hydrogen-bond acceptors (Lipinski definition) is 3. The van der Waals surface area contributed by atoms with E-state index in [1.807, 2.05) is 37.3 Å². The first-order chi connectivity index (χ1) is 12.1. The molecule has 0 aliphatic rings. The van der Waals surface area contributed by atoms with E-state index in [0.29, 0.717) is 24.1 Å². The van der Waals surface area contributed by atoms with Crippen molar-refractivity contribution >= 4 is 11.0 Å². The molecule has 0 fully saturated rings. The smallest absolute Gasteiger partial charge is 0.329 e. The van der Waals surface area contributed by atoms with Crippen LogP contribution < -0.4 is 11.0 Å². The minimum atomic E-state index is -0.843. The first-order valence-corrected chi connectivity index (χ1v) is 8.36. The van der Waals surface area contributed by atoms with Crippen LogP contribution in [0.2, 0.25) is 0 Å². The number of nitrogens with one attached hydrogen (secondary N) is 1. The molecule has 0 saturated carbocycles. The second-order valence-corrected chi connectivity index (χ2v) is 6.01. The summed E-state index contributed by atoms with van der Waals surface area (Å²) in [5.74, 6) is -0.413. The van der Waals surface area contributed by atoms with Gasteiger partial charge in [0.25, 0.3) is 0 Å². The summed E-state index contributed by atoms with van der Waals surface area (Å²) >= 11 is 0. The first-order valence-electron chi connectivity index (χ1n) is 8.36. The van der Waals surface area contributed by atoms with Crippen molar-refractivity contribution in [3.8, 4) is 0 Å². The van der Waals surface area contributed by atoms with Crippen molar-refractivity contribution < 1.29 is 9.50 Å². The third-order valence-corrected chi connectivity index (χ3v) is 4.44. The molecule has 2 aromatic carbocycles. The maximum absolute atomic E-state index is 13.9. The Labute approximate surface area is 145 Å². The van der Waals surface area contributed by atoms with E-state index in [-0.39, 0.29) is 5.69 Å². The van der Waals surface area contributed by atoms with Gasteiger partial charge in [-0.1, -0.05) is 30.3 Å². The van der Waals surface area contributed by atoms with Crippen molar-refractivity contribution in [2.24, 2.45) is 0 Å². The lowest BCUT2D eigenvalue weighted by molar-refractivity contribution is 0.130. The maximum Gasteiger partial charge on any atom is 0.329 e. The summed E-state index contributed by atoms with van der Waals surface area (Å²) in [4.78, 5) is 13.0. The number of fused-ring (bicyclic) bond motifs is 1. The number of benzene rings is 2.